The zero-order valence-corrected chi connectivity index (χ0v) is 24.8. The molecule has 4 aromatic rings. The van der Waals surface area contributed by atoms with Gasteiger partial charge in [0, 0.05) is 23.0 Å². The lowest BCUT2D eigenvalue weighted by Gasteiger charge is -2.45. The first kappa shape index (κ1) is 27.6. The van der Waals surface area contributed by atoms with Crippen LogP contribution in [-0.2, 0) is 9.59 Å². The minimum absolute atomic E-state index is 0.1000. The molecule has 1 saturated heterocycles. The van der Waals surface area contributed by atoms with Crippen molar-refractivity contribution < 1.29 is 19.2 Å². The Morgan fingerprint density at radius 2 is 1.16 bits per heavy atom. The van der Waals surface area contributed by atoms with E-state index in [2.05, 4.69) is 0 Å². The monoisotopic (exact) mass is 608 g/mol. The molecule has 3 amide bonds. The van der Waals surface area contributed by atoms with E-state index < -0.39 is 41.4 Å². The lowest BCUT2D eigenvalue weighted by molar-refractivity contribution is -0.156. The van der Waals surface area contributed by atoms with Gasteiger partial charge in [0.05, 0.1) is 21.9 Å². The van der Waals surface area contributed by atoms with Crippen LogP contribution in [0.15, 0.2) is 91.0 Å². The number of amides is 3. The van der Waals surface area contributed by atoms with Crippen molar-refractivity contribution in [3.8, 4) is 0 Å². The number of nitrogens with zero attached hydrogens (tertiary/aromatic N) is 2. The highest BCUT2D eigenvalue weighted by atomic mass is 35.5. The smallest absolute Gasteiger partial charge is 0.273 e. The second-order valence-corrected chi connectivity index (χ2v) is 12.3. The van der Waals surface area contributed by atoms with Gasteiger partial charge in [-0.15, -0.1) is 0 Å². The number of imide groups is 1. The summed E-state index contributed by atoms with van der Waals surface area (Å²) < 4.78 is 0. The minimum Gasteiger partial charge on any atom is -0.292 e. The number of carbonyl (C=O) groups excluding carboxylic acids is 4. The van der Waals surface area contributed by atoms with Crippen molar-refractivity contribution >= 4 is 46.7 Å². The van der Waals surface area contributed by atoms with Crippen molar-refractivity contribution in [3.63, 3.8) is 0 Å². The van der Waals surface area contributed by atoms with Crippen molar-refractivity contribution in [2.45, 2.75) is 31.7 Å². The third-order valence-corrected chi connectivity index (χ3v) is 9.84. The zero-order chi connectivity index (χ0) is 30.2. The van der Waals surface area contributed by atoms with Gasteiger partial charge in [-0.1, -0.05) is 102 Å². The molecule has 6 nitrogen and oxygen atoms in total. The van der Waals surface area contributed by atoms with Crippen LogP contribution in [0, 0.1) is 18.8 Å². The summed E-state index contributed by atoms with van der Waals surface area (Å²) >= 11 is 12.4. The number of ketones is 1. The van der Waals surface area contributed by atoms with Crippen molar-refractivity contribution in [2.24, 2.45) is 11.8 Å². The molecule has 214 valence electrons. The number of hydrogen-bond donors (Lipinski definition) is 0. The van der Waals surface area contributed by atoms with Crippen molar-refractivity contribution in [2.75, 3.05) is 0 Å². The molecule has 43 heavy (non-hydrogen) atoms. The van der Waals surface area contributed by atoms with Crippen LogP contribution in [0.25, 0.3) is 0 Å². The molecule has 1 fully saturated rings. The molecule has 8 rings (SSSR count). The molecule has 8 heteroatoms. The molecule has 3 aliphatic carbocycles. The topological polar surface area (TPSA) is 74.8 Å². The van der Waals surface area contributed by atoms with E-state index in [1.807, 2.05) is 55.5 Å². The highest BCUT2D eigenvalue weighted by molar-refractivity contribution is 6.42. The summed E-state index contributed by atoms with van der Waals surface area (Å²) in [5.74, 6) is -4.23. The molecular formula is C35H26Cl2N2O4. The zero-order valence-electron chi connectivity index (χ0n) is 23.3. The van der Waals surface area contributed by atoms with Crippen LogP contribution in [0.5, 0.6) is 0 Å². The Balaban J connectivity index is 1.36. The van der Waals surface area contributed by atoms with E-state index in [1.54, 1.807) is 24.3 Å². The molecule has 0 N–H and O–H groups in total. The molecule has 1 heterocycles. The van der Waals surface area contributed by atoms with Crippen LogP contribution in [0.1, 0.15) is 67.3 Å². The van der Waals surface area contributed by atoms with Crippen molar-refractivity contribution in [1.29, 1.82) is 0 Å². The molecule has 2 bridgehead atoms. The number of Topliss-reactive ketones (excluding diaryl/α,β-unsaturated/α-hetero) is 1. The summed E-state index contributed by atoms with van der Waals surface area (Å²) in [6.45, 7) is 3.45. The van der Waals surface area contributed by atoms with Crippen molar-refractivity contribution in [3.05, 3.63) is 140 Å². The maximum Gasteiger partial charge on any atom is 0.273 e. The van der Waals surface area contributed by atoms with E-state index in [0.29, 0.717) is 5.56 Å². The Bertz CT molecular complexity index is 1740. The van der Waals surface area contributed by atoms with Crippen LogP contribution in [0.3, 0.4) is 0 Å². The lowest BCUT2D eigenvalue weighted by Crippen LogP contribution is -2.56. The first-order chi connectivity index (χ1) is 20.7. The van der Waals surface area contributed by atoms with E-state index in [4.69, 9.17) is 23.2 Å². The average Bonchev–Trinajstić information content (AvgIpc) is 3.28. The van der Waals surface area contributed by atoms with Gasteiger partial charge in [-0.05, 0) is 54.3 Å². The number of hydrazine groups is 1. The van der Waals surface area contributed by atoms with E-state index >= 15 is 0 Å². The van der Waals surface area contributed by atoms with Gasteiger partial charge >= 0.3 is 0 Å². The third-order valence-electron chi connectivity index (χ3n) is 9.10. The second-order valence-electron chi connectivity index (χ2n) is 11.4. The van der Waals surface area contributed by atoms with Gasteiger partial charge in [0.15, 0.2) is 5.78 Å². The van der Waals surface area contributed by atoms with Crippen LogP contribution in [0.2, 0.25) is 10.0 Å². The summed E-state index contributed by atoms with van der Waals surface area (Å²) in [6.07, 6.45) is 0. The molecule has 0 unspecified atom stereocenters. The van der Waals surface area contributed by atoms with Gasteiger partial charge in [0.2, 0.25) is 0 Å². The molecule has 3 atom stereocenters. The molecule has 0 saturated carbocycles. The molecule has 0 aromatic heterocycles. The summed E-state index contributed by atoms with van der Waals surface area (Å²) in [5.41, 5.74) is 5.49. The van der Waals surface area contributed by atoms with Crippen LogP contribution in [0.4, 0.5) is 0 Å². The molecule has 4 aromatic carbocycles. The van der Waals surface area contributed by atoms with Gasteiger partial charge < -0.3 is 0 Å². The maximum atomic E-state index is 14.5. The summed E-state index contributed by atoms with van der Waals surface area (Å²) in [6, 6.07) is 25.9. The minimum atomic E-state index is -1.18. The normalized spacial score (nSPS) is 22.1. The van der Waals surface area contributed by atoms with Gasteiger partial charge in [-0.3, -0.25) is 19.2 Å². The Hall–Kier alpha value is -4.26. The number of halogens is 2. The predicted molar refractivity (Wildman–Crippen MR) is 163 cm³/mol. The molecule has 0 radical (unpaired) electrons. The fraction of sp³-hybridized carbons (Fsp3) is 0.200. The van der Waals surface area contributed by atoms with Crippen LogP contribution in [-0.4, -0.2) is 39.6 Å². The van der Waals surface area contributed by atoms with Gasteiger partial charge in [0.1, 0.15) is 6.04 Å². The highest BCUT2D eigenvalue weighted by Gasteiger charge is 2.63. The van der Waals surface area contributed by atoms with E-state index in [1.165, 1.54) is 25.1 Å². The summed E-state index contributed by atoms with van der Waals surface area (Å²) in [7, 11) is 0. The van der Waals surface area contributed by atoms with Gasteiger partial charge in [0.25, 0.3) is 17.7 Å². The number of rotatable bonds is 5. The fourth-order valence-electron chi connectivity index (χ4n) is 7.15. The van der Waals surface area contributed by atoms with Crippen LogP contribution >= 0.6 is 23.2 Å². The molecule has 0 spiro atoms. The molecular weight excluding hydrogens is 583 g/mol. The Labute approximate surface area is 258 Å². The standard InChI is InChI=1S/C35H26Cl2N2O4/c1-18-11-13-20(14-12-18)32(40)19(2)38(33(41)21-15-16-26(36)27(37)17-21)39-34(42)30-28-22-7-3-4-8-23(22)29(31(30)35(39)43)25-10-6-5-9-24(25)28/h3-17,19,28-31H,1-2H3/t19-,28?,29?,30-,31+/m1/s1. The number of carbonyl (C=O) groups is 4. The first-order valence-corrected chi connectivity index (χ1v) is 14.9. The van der Waals surface area contributed by atoms with Gasteiger partial charge in [-0.2, -0.15) is 5.01 Å². The predicted octanol–water partition coefficient (Wildman–Crippen LogP) is 6.82. The number of benzene rings is 4. The molecule has 1 aliphatic heterocycles. The maximum absolute atomic E-state index is 14.5. The highest BCUT2D eigenvalue weighted by Crippen LogP contribution is 2.61. The van der Waals surface area contributed by atoms with E-state index in [-0.39, 0.29) is 27.4 Å². The lowest BCUT2D eigenvalue weighted by atomic mass is 9.55. The van der Waals surface area contributed by atoms with E-state index in [9.17, 15) is 19.2 Å². The fourth-order valence-corrected chi connectivity index (χ4v) is 7.44. The Morgan fingerprint density at radius 3 is 1.63 bits per heavy atom. The Kier molecular flexibility index (Phi) is 6.53. The first-order valence-electron chi connectivity index (χ1n) is 14.1. The largest absolute Gasteiger partial charge is 0.292 e. The quantitative estimate of drug-likeness (QED) is 0.184. The second kappa shape index (κ2) is 10.2. The Morgan fingerprint density at radius 1 is 0.698 bits per heavy atom. The van der Waals surface area contributed by atoms with Crippen LogP contribution < -0.4 is 0 Å². The summed E-state index contributed by atoms with van der Waals surface area (Å²) in [4.78, 5) is 57.1. The number of aryl methyl sites for hydroxylation is 1. The average molecular weight is 610 g/mol. The van der Waals surface area contributed by atoms with E-state index in [0.717, 1.165) is 37.8 Å². The van der Waals surface area contributed by atoms with Gasteiger partial charge in [-0.25, -0.2) is 5.01 Å². The molecule has 4 aliphatic rings. The number of hydrogen-bond acceptors (Lipinski definition) is 4. The van der Waals surface area contributed by atoms with Crippen molar-refractivity contribution in [1.82, 2.24) is 10.0 Å². The third kappa shape index (κ3) is 4.08. The summed E-state index contributed by atoms with van der Waals surface area (Å²) in [5, 5.41) is 2.36. The SMILES string of the molecule is Cc1ccc(C(=O)[C@@H](C)N(C(=O)c2ccc(Cl)c(Cl)c2)N2C(=O)[C@@H]3C4c5ccccc5C(c5ccccc54)[C@@H]3C2=O)cc1.